The van der Waals surface area contributed by atoms with Gasteiger partial charge in [0.05, 0.1) is 11.5 Å². The van der Waals surface area contributed by atoms with Crippen molar-refractivity contribution in [2.45, 2.75) is 43.5 Å². The SMILES string of the molecule is Cc1ccc2c(c1)N1C(=O)[C@H]3C[C@]1(CC2)C[C@H]3Cl. The van der Waals surface area contributed by atoms with Crippen LogP contribution in [0.5, 0.6) is 0 Å². The topological polar surface area (TPSA) is 20.3 Å². The average molecular weight is 262 g/mol. The van der Waals surface area contributed by atoms with Gasteiger partial charge in [0.2, 0.25) is 5.91 Å². The third-order valence-electron chi connectivity index (χ3n) is 4.96. The van der Waals surface area contributed by atoms with E-state index in [1.54, 1.807) is 0 Å². The van der Waals surface area contributed by atoms with Crippen LogP contribution in [0.4, 0.5) is 5.69 Å². The van der Waals surface area contributed by atoms with Gasteiger partial charge in [-0.2, -0.15) is 0 Å². The number of anilines is 1. The molecule has 3 aliphatic rings. The molecule has 0 radical (unpaired) electrons. The Kier molecular flexibility index (Phi) is 1.99. The van der Waals surface area contributed by atoms with Gasteiger partial charge in [0.15, 0.2) is 0 Å². The Bertz CT molecular complexity index is 555. The molecule has 94 valence electrons. The molecule has 2 nitrogen and oxygen atoms in total. The summed E-state index contributed by atoms with van der Waals surface area (Å²) < 4.78 is 0. The van der Waals surface area contributed by atoms with E-state index in [0.717, 1.165) is 31.4 Å². The minimum atomic E-state index is 0.0367. The van der Waals surface area contributed by atoms with Gasteiger partial charge in [-0.1, -0.05) is 12.1 Å². The van der Waals surface area contributed by atoms with Crippen molar-refractivity contribution in [1.29, 1.82) is 0 Å². The highest BCUT2D eigenvalue weighted by Gasteiger charge is 2.61. The molecule has 2 aliphatic heterocycles. The van der Waals surface area contributed by atoms with E-state index in [1.165, 1.54) is 11.1 Å². The summed E-state index contributed by atoms with van der Waals surface area (Å²) in [5.74, 6) is 0.311. The van der Waals surface area contributed by atoms with Gasteiger partial charge in [0.1, 0.15) is 0 Å². The Morgan fingerprint density at radius 3 is 3.06 bits per heavy atom. The zero-order valence-corrected chi connectivity index (χ0v) is 11.2. The van der Waals surface area contributed by atoms with Crippen molar-refractivity contribution < 1.29 is 4.79 Å². The summed E-state index contributed by atoms with van der Waals surface area (Å²) in [6.07, 6.45) is 4.09. The van der Waals surface area contributed by atoms with Crippen molar-refractivity contribution in [1.82, 2.24) is 0 Å². The van der Waals surface area contributed by atoms with Crippen LogP contribution in [0, 0.1) is 12.8 Å². The first-order valence-electron chi connectivity index (χ1n) is 6.68. The number of fused-ring (bicyclic) bond motifs is 3. The fraction of sp³-hybridized carbons (Fsp3) is 0.533. The fourth-order valence-electron chi connectivity index (χ4n) is 4.10. The van der Waals surface area contributed by atoms with E-state index < -0.39 is 0 Å². The fourth-order valence-corrected chi connectivity index (χ4v) is 4.59. The molecule has 3 atom stereocenters. The number of alkyl halides is 1. The number of hydrogen-bond donors (Lipinski definition) is 0. The standard InChI is InChI=1S/C15H16ClNO/c1-9-2-3-10-4-5-15-7-11(12(16)8-15)14(18)17(15)13(10)6-9/h2-3,6,11-12H,4-5,7-8H2,1H3/t11-,12+,15+/m0/s1. The summed E-state index contributed by atoms with van der Waals surface area (Å²) in [4.78, 5) is 14.6. The lowest BCUT2D eigenvalue weighted by Gasteiger charge is -2.44. The molecule has 18 heavy (non-hydrogen) atoms. The molecule has 1 saturated carbocycles. The maximum Gasteiger partial charge on any atom is 0.232 e. The van der Waals surface area contributed by atoms with Crippen LogP contribution in [-0.4, -0.2) is 16.8 Å². The molecule has 1 aromatic rings. The molecule has 1 spiro atoms. The lowest BCUT2D eigenvalue weighted by Crippen LogP contribution is -2.52. The van der Waals surface area contributed by atoms with Gasteiger partial charge in [-0.3, -0.25) is 4.79 Å². The first-order chi connectivity index (χ1) is 8.61. The second-order valence-electron chi connectivity index (χ2n) is 6.06. The Labute approximate surface area is 112 Å². The second kappa shape index (κ2) is 3.30. The number of piperidine rings is 1. The van der Waals surface area contributed by atoms with Crippen molar-refractivity contribution in [3.8, 4) is 0 Å². The molecule has 2 heterocycles. The maximum atomic E-state index is 12.5. The predicted molar refractivity (Wildman–Crippen MR) is 72.1 cm³/mol. The van der Waals surface area contributed by atoms with Gasteiger partial charge in [-0.15, -0.1) is 11.6 Å². The molecule has 1 saturated heterocycles. The van der Waals surface area contributed by atoms with Gasteiger partial charge < -0.3 is 4.90 Å². The lowest BCUT2D eigenvalue weighted by molar-refractivity contribution is -0.121. The second-order valence-corrected chi connectivity index (χ2v) is 6.62. The third kappa shape index (κ3) is 1.17. The number of carbonyl (C=O) groups excluding carboxylic acids is 1. The largest absolute Gasteiger partial charge is 0.306 e. The highest BCUT2D eigenvalue weighted by Crippen LogP contribution is 2.56. The Hall–Kier alpha value is -1.02. The van der Waals surface area contributed by atoms with Crippen LogP contribution in [0.25, 0.3) is 0 Å². The van der Waals surface area contributed by atoms with E-state index in [-0.39, 0.29) is 22.7 Å². The molecule has 1 amide bonds. The molecule has 2 bridgehead atoms. The van der Waals surface area contributed by atoms with Gasteiger partial charge in [0.25, 0.3) is 0 Å². The summed E-state index contributed by atoms with van der Waals surface area (Å²) in [5, 5.41) is 0.0557. The number of hydrogen-bond acceptors (Lipinski definition) is 1. The molecule has 2 fully saturated rings. The van der Waals surface area contributed by atoms with Crippen LogP contribution in [0.15, 0.2) is 18.2 Å². The normalized spacial score (nSPS) is 36.8. The number of halogens is 1. The molecular weight excluding hydrogens is 246 g/mol. The monoisotopic (exact) mass is 261 g/mol. The van der Waals surface area contributed by atoms with Crippen LogP contribution in [0.1, 0.15) is 30.4 Å². The summed E-state index contributed by atoms with van der Waals surface area (Å²) in [6, 6.07) is 6.48. The lowest BCUT2D eigenvalue weighted by atomic mass is 9.83. The van der Waals surface area contributed by atoms with E-state index in [0.29, 0.717) is 0 Å². The minimum Gasteiger partial charge on any atom is -0.306 e. The highest BCUT2D eigenvalue weighted by molar-refractivity contribution is 6.24. The van der Waals surface area contributed by atoms with Gasteiger partial charge in [-0.25, -0.2) is 0 Å². The Morgan fingerprint density at radius 1 is 1.39 bits per heavy atom. The number of amides is 1. The maximum absolute atomic E-state index is 12.5. The summed E-state index contributed by atoms with van der Waals surface area (Å²) in [7, 11) is 0. The molecule has 0 unspecified atom stereocenters. The van der Waals surface area contributed by atoms with Gasteiger partial charge in [-0.05, 0) is 49.8 Å². The van der Waals surface area contributed by atoms with Gasteiger partial charge >= 0.3 is 0 Å². The summed E-state index contributed by atoms with van der Waals surface area (Å²) >= 11 is 6.33. The summed E-state index contributed by atoms with van der Waals surface area (Å²) in [5.41, 5.74) is 3.73. The Morgan fingerprint density at radius 2 is 2.22 bits per heavy atom. The van der Waals surface area contributed by atoms with Crippen molar-refractivity contribution in [2.24, 2.45) is 5.92 Å². The zero-order chi connectivity index (χ0) is 12.5. The number of benzene rings is 1. The minimum absolute atomic E-state index is 0.0367. The van der Waals surface area contributed by atoms with Crippen molar-refractivity contribution in [3.63, 3.8) is 0 Å². The van der Waals surface area contributed by atoms with Gasteiger partial charge in [0, 0.05) is 11.1 Å². The van der Waals surface area contributed by atoms with Crippen LogP contribution in [0.3, 0.4) is 0 Å². The number of nitrogens with zero attached hydrogens (tertiary/aromatic N) is 1. The predicted octanol–water partition coefficient (Wildman–Crippen LogP) is 3.04. The molecule has 0 N–H and O–H groups in total. The van der Waals surface area contributed by atoms with Crippen molar-refractivity contribution in [2.75, 3.05) is 4.90 Å². The first kappa shape index (κ1) is 10.9. The highest BCUT2D eigenvalue weighted by atomic mass is 35.5. The van der Waals surface area contributed by atoms with E-state index in [9.17, 15) is 4.79 Å². The van der Waals surface area contributed by atoms with Crippen LogP contribution < -0.4 is 4.90 Å². The zero-order valence-electron chi connectivity index (χ0n) is 10.4. The van der Waals surface area contributed by atoms with E-state index in [2.05, 4.69) is 30.0 Å². The Balaban J connectivity index is 1.89. The smallest absolute Gasteiger partial charge is 0.232 e. The van der Waals surface area contributed by atoms with E-state index in [1.807, 2.05) is 0 Å². The number of carbonyl (C=O) groups is 1. The molecule has 1 aromatic carbocycles. The van der Waals surface area contributed by atoms with Crippen LogP contribution in [0.2, 0.25) is 0 Å². The average Bonchev–Trinajstić information content (AvgIpc) is 2.80. The molecule has 0 aromatic heterocycles. The molecular formula is C15H16ClNO. The number of rotatable bonds is 0. The first-order valence-corrected chi connectivity index (χ1v) is 7.12. The number of aryl methyl sites for hydroxylation is 2. The van der Waals surface area contributed by atoms with Crippen molar-refractivity contribution in [3.05, 3.63) is 29.3 Å². The van der Waals surface area contributed by atoms with Crippen molar-refractivity contribution >= 4 is 23.2 Å². The molecule has 1 aliphatic carbocycles. The van der Waals surface area contributed by atoms with E-state index >= 15 is 0 Å². The van der Waals surface area contributed by atoms with Crippen LogP contribution in [-0.2, 0) is 11.2 Å². The third-order valence-corrected chi connectivity index (χ3v) is 5.42. The van der Waals surface area contributed by atoms with Crippen LogP contribution >= 0.6 is 11.6 Å². The summed E-state index contributed by atoms with van der Waals surface area (Å²) in [6.45, 7) is 2.09. The quantitative estimate of drug-likeness (QED) is 0.658. The van der Waals surface area contributed by atoms with E-state index in [4.69, 9.17) is 11.6 Å². The molecule has 3 heteroatoms. The molecule has 4 rings (SSSR count).